The summed E-state index contributed by atoms with van der Waals surface area (Å²) in [5.74, 6) is 0.122. The third-order valence-electron chi connectivity index (χ3n) is 5.45. The fourth-order valence-electron chi connectivity index (χ4n) is 3.58. The number of nitrogens with two attached hydrogens (primary N) is 1. The van der Waals surface area contributed by atoms with E-state index >= 15 is 0 Å². The van der Waals surface area contributed by atoms with Crippen LogP contribution in [0.15, 0.2) is 53.5 Å². The molecular formula is C21H24N4O3. The molecule has 2 heterocycles. The van der Waals surface area contributed by atoms with Gasteiger partial charge in [-0.2, -0.15) is 0 Å². The molecule has 2 atom stereocenters. The van der Waals surface area contributed by atoms with E-state index in [0.717, 1.165) is 12.8 Å². The summed E-state index contributed by atoms with van der Waals surface area (Å²) in [4.78, 5) is 38.7. The average molecular weight is 380 g/mol. The molecule has 146 valence electrons. The van der Waals surface area contributed by atoms with E-state index in [2.05, 4.69) is 5.32 Å². The molecule has 2 aromatic rings. The largest absolute Gasteiger partial charge is 0.346 e. The molecule has 2 amide bonds. The number of nitrogens with zero attached hydrogens (tertiary/aromatic N) is 2. The van der Waals surface area contributed by atoms with Gasteiger partial charge in [-0.15, -0.1) is 0 Å². The van der Waals surface area contributed by atoms with Crippen molar-refractivity contribution in [1.82, 2.24) is 14.8 Å². The van der Waals surface area contributed by atoms with Crippen molar-refractivity contribution in [3.05, 3.63) is 64.6 Å². The van der Waals surface area contributed by atoms with Gasteiger partial charge in [-0.05, 0) is 49.6 Å². The van der Waals surface area contributed by atoms with E-state index in [1.807, 2.05) is 4.90 Å². The second-order valence-electron chi connectivity index (χ2n) is 7.55. The summed E-state index contributed by atoms with van der Waals surface area (Å²) in [5.41, 5.74) is 7.24. The second kappa shape index (κ2) is 7.59. The third-order valence-corrected chi connectivity index (χ3v) is 5.45. The quantitative estimate of drug-likeness (QED) is 0.824. The SMILES string of the molecule is N[C@H]1CCN(C(=O)C2CC2)C[C@H]1NC(=O)c1ccc(-n2ccccc2=O)cc1. The van der Waals surface area contributed by atoms with Crippen LogP contribution in [0.5, 0.6) is 0 Å². The van der Waals surface area contributed by atoms with Gasteiger partial charge in [0.05, 0.1) is 6.04 Å². The molecule has 1 aromatic carbocycles. The van der Waals surface area contributed by atoms with Crippen LogP contribution in [0.3, 0.4) is 0 Å². The second-order valence-corrected chi connectivity index (χ2v) is 7.55. The highest BCUT2D eigenvalue weighted by atomic mass is 16.2. The van der Waals surface area contributed by atoms with Crippen LogP contribution in [0.25, 0.3) is 5.69 Å². The number of pyridine rings is 1. The summed E-state index contributed by atoms with van der Waals surface area (Å²) in [6.07, 6.45) is 4.30. The zero-order chi connectivity index (χ0) is 19.7. The van der Waals surface area contributed by atoms with E-state index < -0.39 is 0 Å². The molecule has 1 aliphatic heterocycles. The molecule has 7 nitrogen and oxygen atoms in total. The molecule has 1 aliphatic carbocycles. The summed E-state index contributed by atoms with van der Waals surface area (Å²) < 4.78 is 1.51. The Balaban J connectivity index is 1.43. The van der Waals surface area contributed by atoms with E-state index in [9.17, 15) is 14.4 Å². The van der Waals surface area contributed by atoms with Gasteiger partial charge in [0, 0.05) is 48.6 Å². The molecule has 4 rings (SSSR count). The lowest BCUT2D eigenvalue weighted by Crippen LogP contribution is -2.59. The standard InChI is InChI=1S/C21H24N4O3/c22-17-10-12-24(21(28)15-4-5-15)13-18(17)23-20(27)14-6-8-16(9-7-14)25-11-2-1-3-19(25)26/h1-3,6-9,11,15,17-18H,4-5,10,12-13,22H2,(H,23,27)/t17-,18+/m0/s1. The van der Waals surface area contributed by atoms with Gasteiger partial charge in [-0.25, -0.2) is 0 Å². The van der Waals surface area contributed by atoms with Gasteiger partial charge in [-0.1, -0.05) is 6.07 Å². The molecular weight excluding hydrogens is 356 g/mol. The minimum Gasteiger partial charge on any atom is -0.346 e. The molecule has 0 bridgehead atoms. The van der Waals surface area contributed by atoms with Crippen molar-refractivity contribution in [1.29, 1.82) is 0 Å². The van der Waals surface area contributed by atoms with Crippen LogP contribution in [0, 0.1) is 5.92 Å². The number of hydrogen-bond donors (Lipinski definition) is 2. The predicted molar refractivity (Wildman–Crippen MR) is 105 cm³/mol. The van der Waals surface area contributed by atoms with Crippen LogP contribution in [0.4, 0.5) is 0 Å². The average Bonchev–Trinajstić information content (AvgIpc) is 3.55. The summed E-state index contributed by atoms with van der Waals surface area (Å²) in [6.45, 7) is 1.11. The number of aromatic nitrogens is 1. The zero-order valence-corrected chi connectivity index (χ0v) is 15.6. The fraction of sp³-hybridized carbons (Fsp3) is 0.381. The van der Waals surface area contributed by atoms with Crippen molar-refractivity contribution in [3.8, 4) is 5.69 Å². The van der Waals surface area contributed by atoms with Gasteiger partial charge in [0.1, 0.15) is 0 Å². The van der Waals surface area contributed by atoms with E-state index in [1.165, 1.54) is 10.6 Å². The first-order valence-corrected chi connectivity index (χ1v) is 9.66. The minimum atomic E-state index is -0.264. The number of hydrogen-bond acceptors (Lipinski definition) is 4. The van der Waals surface area contributed by atoms with Crippen LogP contribution in [-0.2, 0) is 4.79 Å². The summed E-state index contributed by atoms with van der Waals surface area (Å²) in [5, 5.41) is 2.97. The van der Waals surface area contributed by atoms with Crippen molar-refractivity contribution in [2.75, 3.05) is 13.1 Å². The van der Waals surface area contributed by atoms with Gasteiger partial charge in [0.2, 0.25) is 5.91 Å². The number of benzene rings is 1. The Morgan fingerprint density at radius 1 is 1.04 bits per heavy atom. The monoisotopic (exact) mass is 380 g/mol. The number of nitrogens with one attached hydrogen (secondary N) is 1. The van der Waals surface area contributed by atoms with Gasteiger partial charge in [-0.3, -0.25) is 19.0 Å². The highest BCUT2D eigenvalue weighted by molar-refractivity contribution is 5.94. The predicted octanol–water partition coefficient (Wildman–Crippen LogP) is 0.906. The van der Waals surface area contributed by atoms with E-state index in [1.54, 1.807) is 42.6 Å². The number of rotatable bonds is 4. The Kier molecular flexibility index (Phi) is 5.00. The smallest absolute Gasteiger partial charge is 0.255 e. The maximum atomic E-state index is 12.7. The van der Waals surface area contributed by atoms with Crippen molar-refractivity contribution in [3.63, 3.8) is 0 Å². The highest BCUT2D eigenvalue weighted by Gasteiger charge is 2.37. The molecule has 7 heteroatoms. The summed E-state index contributed by atoms with van der Waals surface area (Å²) >= 11 is 0. The minimum absolute atomic E-state index is 0.131. The molecule has 2 aliphatic rings. The maximum absolute atomic E-state index is 12.7. The Morgan fingerprint density at radius 2 is 1.79 bits per heavy atom. The van der Waals surface area contributed by atoms with Crippen LogP contribution in [0.1, 0.15) is 29.6 Å². The van der Waals surface area contributed by atoms with Crippen LogP contribution < -0.4 is 16.6 Å². The lowest BCUT2D eigenvalue weighted by atomic mass is 9.99. The lowest BCUT2D eigenvalue weighted by molar-refractivity contribution is -0.134. The Hall–Kier alpha value is -2.93. The molecule has 28 heavy (non-hydrogen) atoms. The molecule has 3 N–H and O–H groups in total. The Labute approximate surface area is 163 Å². The van der Waals surface area contributed by atoms with Gasteiger partial charge >= 0.3 is 0 Å². The number of carbonyl (C=O) groups excluding carboxylic acids is 2. The van der Waals surface area contributed by atoms with E-state index in [0.29, 0.717) is 30.8 Å². The molecule has 1 saturated carbocycles. The first-order valence-electron chi connectivity index (χ1n) is 9.66. The topological polar surface area (TPSA) is 97.4 Å². The molecule has 1 saturated heterocycles. The van der Waals surface area contributed by atoms with Crippen molar-refractivity contribution < 1.29 is 9.59 Å². The van der Waals surface area contributed by atoms with E-state index in [4.69, 9.17) is 5.73 Å². The van der Waals surface area contributed by atoms with Gasteiger partial charge in [0.25, 0.3) is 11.5 Å². The first kappa shape index (κ1) is 18.4. The molecule has 0 radical (unpaired) electrons. The van der Waals surface area contributed by atoms with E-state index in [-0.39, 0.29) is 35.4 Å². The van der Waals surface area contributed by atoms with Crippen molar-refractivity contribution >= 4 is 11.8 Å². The maximum Gasteiger partial charge on any atom is 0.255 e. The highest BCUT2D eigenvalue weighted by Crippen LogP contribution is 2.31. The summed E-state index contributed by atoms with van der Waals surface area (Å²) in [7, 11) is 0. The van der Waals surface area contributed by atoms with Gasteiger partial charge < -0.3 is 16.0 Å². The number of carbonyl (C=O) groups is 2. The number of likely N-dealkylation sites (tertiary alicyclic amines) is 1. The normalized spacial score (nSPS) is 22.0. The third kappa shape index (κ3) is 3.84. The van der Waals surface area contributed by atoms with Gasteiger partial charge in [0.15, 0.2) is 0 Å². The van der Waals surface area contributed by atoms with Crippen molar-refractivity contribution in [2.24, 2.45) is 11.7 Å². The zero-order valence-electron chi connectivity index (χ0n) is 15.6. The molecule has 2 fully saturated rings. The molecule has 0 spiro atoms. The Morgan fingerprint density at radius 3 is 2.46 bits per heavy atom. The van der Waals surface area contributed by atoms with Crippen molar-refractivity contribution in [2.45, 2.75) is 31.3 Å². The number of amides is 2. The molecule has 0 unspecified atom stereocenters. The fourth-order valence-corrected chi connectivity index (χ4v) is 3.58. The van der Waals surface area contributed by atoms with Crippen LogP contribution >= 0.6 is 0 Å². The van der Waals surface area contributed by atoms with Crippen LogP contribution in [-0.4, -0.2) is 46.5 Å². The summed E-state index contributed by atoms with van der Waals surface area (Å²) in [6, 6.07) is 11.4. The number of piperidine rings is 1. The van der Waals surface area contributed by atoms with Crippen LogP contribution in [0.2, 0.25) is 0 Å². The first-order chi connectivity index (χ1) is 13.5. The Bertz CT molecular complexity index is 933. The molecule has 1 aromatic heterocycles. The lowest BCUT2D eigenvalue weighted by Gasteiger charge is -2.37.